The van der Waals surface area contributed by atoms with Crippen molar-refractivity contribution in [2.75, 3.05) is 18.6 Å². The van der Waals surface area contributed by atoms with Gasteiger partial charge in [-0.3, -0.25) is 4.79 Å². The van der Waals surface area contributed by atoms with E-state index in [4.69, 9.17) is 15.0 Å². The Morgan fingerprint density at radius 3 is 2.95 bits per heavy atom. The highest BCUT2D eigenvalue weighted by atomic mass is 16.5. The predicted molar refractivity (Wildman–Crippen MR) is 71.4 cm³/mol. The molecule has 20 heavy (non-hydrogen) atoms. The van der Waals surface area contributed by atoms with Gasteiger partial charge in [0.25, 0.3) is 0 Å². The molecular weight excluding hydrogens is 260 g/mol. The van der Waals surface area contributed by atoms with Gasteiger partial charge in [0.15, 0.2) is 0 Å². The summed E-state index contributed by atoms with van der Waals surface area (Å²) in [6.07, 6.45) is 0. The molecule has 2 heterocycles. The van der Waals surface area contributed by atoms with E-state index in [0.29, 0.717) is 23.2 Å². The molecule has 1 atom stereocenters. The summed E-state index contributed by atoms with van der Waals surface area (Å²) in [5, 5.41) is 3.86. The number of benzene rings is 1. The molecule has 0 saturated heterocycles. The minimum Gasteiger partial charge on any atom is -0.489 e. The van der Waals surface area contributed by atoms with E-state index in [1.165, 1.54) is 4.90 Å². The second kappa shape index (κ2) is 4.61. The van der Waals surface area contributed by atoms with Gasteiger partial charge >= 0.3 is 0 Å². The summed E-state index contributed by atoms with van der Waals surface area (Å²) in [5.41, 5.74) is 7.14. The number of anilines is 1. The molecule has 0 bridgehead atoms. The maximum absolute atomic E-state index is 12.0. The molecule has 0 spiro atoms. The zero-order valence-electron chi connectivity index (χ0n) is 11.2. The number of carbonyl (C=O) groups excluding carboxylic acids is 1. The highest BCUT2D eigenvalue weighted by Gasteiger charge is 2.27. The molecule has 0 radical (unpaired) electrons. The average molecular weight is 274 g/mol. The molecular formula is C13H14N4O3. The van der Waals surface area contributed by atoms with E-state index >= 15 is 0 Å². The zero-order chi connectivity index (χ0) is 14.3. The van der Waals surface area contributed by atoms with E-state index in [1.54, 1.807) is 26.1 Å². The molecule has 0 aliphatic carbocycles. The van der Waals surface area contributed by atoms with E-state index < -0.39 is 6.04 Å². The highest BCUT2D eigenvalue weighted by Crippen LogP contribution is 2.33. The number of fused-ring (bicyclic) bond motifs is 1. The molecule has 1 unspecified atom stereocenters. The number of ether oxygens (including phenoxy) is 1. The molecule has 3 rings (SSSR count). The van der Waals surface area contributed by atoms with Crippen LogP contribution in [0.3, 0.4) is 0 Å². The summed E-state index contributed by atoms with van der Waals surface area (Å²) in [6.45, 7) is 1.88. The van der Waals surface area contributed by atoms with E-state index in [9.17, 15) is 4.79 Å². The van der Waals surface area contributed by atoms with Crippen LogP contribution in [0.4, 0.5) is 5.69 Å². The van der Waals surface area contributed by atoms with Gasteiger partial charge in [0.1, 0.15) is 18.4 Å². The fraction of sp³-hybridized carbons (Fsp3) is 0.308. The summed E-state index contributed by atoms with van der Waals surface area (Å²) < 4.78 is 10.5. The lowest BCUT2D eigenvalue weighted by Gasteiger charge is -2.17. The number of carbonyl (C=O) groups is 1. The third kappa shape index (κ3) is 2.01. The summed E-state index contributed by atoms with van der Waals surface area (Å²) in [4.78, 5) is 17.7. The van der Waals surface area contributed by atoms with Crippen LogP contribution in [0.2, 0.25) is 0 Å². The lowest BCUT2D eigenvalue weighted by atomic mass is 10.1. The van der Waals surface area contributed by atoms with Gasteiger partial charge in [-0.2, -0.15) is 4.98 Å². The summed E-state index contributed by atoms with van der Waals surface area (Å²) >= 11 is 0. The number of amides is 1. The summed E-state index contributed by atoms with van der Waals surface area (Å²) in [7, 11) is 1.67. The van der Waals surface area contributed by atoms with E-state index in [-0.39, 0.29) is 12.5 Å². The number of likely N-dealkylation sites (N-methyl/N-ethyl adjacent to an activating group) is 1. The molecule has 7 heteroatoms. The third-order valence-corrected chi connectivity index (χ3v) is 3.17. The largest absolute Gasteiger partial charge is 0.489 e. The van der Waals surface area contributed by atoms with Crippen LogP contribution in [-0.4, -0.2) is 35.7 Å². The van der Waals surface area contributed by atoms with Crippen molar-refractivity contribution >= 4 is 11.6 Å². The number of hydrogen-bond acceptors (Lipinski definition) is 6. The minimum atomic E-state index is -0.664. The first-order valence-electron chi connectivity index (χ1n) is 6.17. The Balaban J connectivity index is 2.06. The maximum atomic E-state index is 12.0. The average Bonchev–Trinajstić information content (AvgIpc) is 2.85. The minimum absolute atomic E-state index is 0.164. The molecule has 0 fully saturated rings. The highest BCUT2D eigenvalue weighted by molar-refractivity contribution is 5.99. The Labute approximate surface area is 115 Å². The van der Waals surface area contributed by atoms with Crippen molar-refractivity contribution < 1.29 is 14.1 Å². The summed E-state index contributed by atoms with van der Waals surface area (Å²) in [5.74, 6) is 1.38. The Morgan fingerprint density at radius 2 is 2.25 bits per heavy atom. The molecule has 2 aromatic rings. The predicted octanol–water partition coefficient (Wildman–Crippen LogP) is 0.728. The molecule has 1 aliphatic heterocycles. The second-order valence-electron chi connectivity index (χ2n) is 4.63. The standard InChI is InChI=1S/C13H14N4O3/c1-7-15-12(16-20-7)8-3-4-11-10(5-8)17(2)13(18)9(14)6-19-11/h3-5,9H,6,14H2,1-2H3. The van der Waals surface area contributed by atoms with Gasteiger partial charge in [-0.1, -0.05) is 5.16 Å². The first kappa shape index (κ1) is 12.6. The second-order valence-corrected chi connectivity index (χ2v) is 4.63. The van der Waals surface area contributed by atoms with Crippen molar-refractivity contribution in [1.29, 1.82) is 0 Å². The molecule has 1 amide bonds. The molecule has 7 nitrogen and oxygen atoms in total. The number of rotatable bonds is 1. The fourth-order valence-electron chi connectivity index (χ4n) is 2.08. The van der Waals surface area contributed by atoms with Crippen LogP contribution in [0.1, 0.15) is 5.89 Å². The van der Waals surface area contributed by atoms with Gasteiger partial charge in [0, 0.05) is 19.5 Å². The van der Waals surface area contributed by atoms with Gasteiger partial charge in [-0.15, -0.1) is 0 Å². The van der Waals surface area contributed by atoms with Crippen LogP contribution in [0.25, 0.3) is 11.4 Å². The maximum Gasteiger partial charge on any atom is 0.247 e. The van der Waals surface area contributed by atoms with Crippen molar-refractivity contribution in [3.63, 3.8) is 0 Å². The van der Waals surface area contributed by atoms with Crippen molar-refractivity contribution in [3.8, 4) is 17.1 Å². The lowest BCUT2D eigenvalue weighted by molar-refractivity contribution is -0.119. The van der Waals surface area contributed by atoms with Crippen molar-refractivity contribution in [2.24, 2.45) is 5.73 Å². The van der Waals surface area contributed by atoms with Crippen molar-refractivity contribution in [3.05, 3.63) is 24.1 Å². The molecule has 0 saturated carbocycles. The van der Waals surface area contributed by atoms with Crippen LogP contribution in [0, 0.1) is 6.92 Å². The van der Waals surface area contributed by atoms with Gasteiger partial charge in [-0.25, -0.2) is 0 Å². The number of aromatic nitrogens is 2. The van der Waals surface area contributed by atoms with Crippen LogP contribution in [0.15, 0.2) is 22.7 Å². The Morgan fingerprint density at radius 1 is 1.45 bits per heavy atom. The first-order chi connectivity index (χ1) is 9.56. The number of hydrogen-bond donors (Lipinski definition) is 1. The lowest BCUT2D eigenvalue weighted by Crippen LogP contribution is -2.43. The quantitative estimate of drug-likeness (QED) is 0.823. The van der Waals surface area contributed by atoms with Crippen LogP contribution in [-0.2, 0) is 4.79 Å². The van der Waals surface area contributed by atoms with Crippen molar-refractivity contribution in [2.45, 2.75) is 13.0 Å². The fourth-order valence-corrected chi connectivity index (χ4v) is 2.08. The molecule has 1 aromatic carbocycles. The van der Waals surface area contributed by atoms with Gasteiger partial charge < -0.3 is 19.9 Å². The van der Waals surface area contributed by atoms with E-state index in [2.05, 4.69) is 10.1 Å². The molecule has 2 N–H and O–H groups in total. The molecule has 1 aliphatic rings. The van der Waals surface area contributed by atoms with Crippen molar-refractivity contribution in [1.82, 2.24) is 10.1 Å². The van der Waals surface area contributed by atoms with Gasteiger partial charge in [0.2, 0.25) is 17.6 Å². The third-order valence-electron chi connectivity index (χ3n) is 3.17. The SMILES string of the molecule is Cc1nc(-c2ccc3c(c2)N(C)C(=O)C(N)CO3)no1. The Bertz CT molecular complexity index is 667. The normalized spacial score (nSPS) is 18.4. The van der Waals surface area contributed by atoms with E-state index in [0.717, 1.165) is 5.56 Å². The first-order valence-corrected chi connectivity index (χ1v) is 6.17. The zero-order valence-corrected chi connectivity index (χ0v) is 11.2. The van der Waals surface area contributed by atoms with E-state index in [1.807, 2.05) is 6.07 Å². The number of nitrogens with zero attached hydrogens (tertiary/aromatic N) is 3. The monoisotopic (exact) mass is 274 g/mol. The topological polar surface area (TPSA) is 94.5 Å². The number of nitrogens with two attached hydrogens (primary N) is 1. The summed E-state index contributed by atoms with van der Waals surface area (Å²) in [6, 6.07) is 4.72. The smallest absolute Gasteiger partial charge is 0.247 e. The van der Waals surface area contributed by atoms with Gasteiger partial charge in [0.05, 0.1) is 5.69 Å². The Hall–Kier alpha value is -2.41. The van der Waals surface area contributed by atoms with Crippen LogP contribution in [0.5, 0.6) is 5.75 Å². The molecule has 104 valence electrons. The number of aryl methyl sites for hydroxylation is 1. The Kier molecular flexibility index (Phi) is 2.90. The van der Waals surface area contributed by atoms with Gasteiger partial charge in [-0.05, 0) is 18.2 Å². The van der Waals surface area contributed by atoms with Crippen LogP contribution >= 0.6 is 0 Å². The molecule has 1 aromatic heterocycles. The van der Waals surface area contributed by atoms with Crippen LogP contribution < -0.4 is 15.4 Å².